The second-order valence-corrected chi connectivity index (χ2v) is 4.42. The summed E-state index contributed by atoms with van der Waals surface area (Å²) in [5.41, 5.74) is 5.36. The predicted molar refractivity (Wildman–Crippen MR) is 58.6 cm³/mol. The molecule has 15 heavy (non-hydrogen) atoms. The molecule has 0 aliphatic rings. The SMILES string of the molecule is CNC(C)(CSc1nc(C)co1)C(N)=O. The van der Waals surface area contributed by atoms with Crippen LogP contribution in [0, 0.1) is 6.92 Å². The van der Waals surface area contributed by atoms with Crippen molar-refractivity contribution in [2.24, 2.45) is 5.73 Å². The van der Waals surface area contributed by atoms with Crippen molar-refractivity contribution in [1.82, 2.24) is 10.3 Å². The van der Waals surface area contributed by atoms with Crippen molar-refractivity contribution in [2.45, 2.75) is 24.6 Å². The highest BCUT2D eigenvalue weighted by atomic mass is 32.2. The molecular formula is C9H15N3O2S. The predicted octanol–water partition coefficient (Wildman–Crippen LogP) is 0.539. The number of carbonyl (C=O) groups excluding carboxylic acids is 1. The number of oxazole rings is 1. The Morgan fingerprint density at radius 2 is 2.47 bits per heavy atom. The van der Waals surface area contributed by atoms with Crippen LogP contribution in [0.3, 0.4) is 0 Å². The largest absolute Gasteiger partial charge is 0.440 e. The number of hydrogen-bond donors (Lipinski definition) is 2. The van der Waals surface area contributed by atoms with Gasteiger partial charge in [-0.05, 0) is 20.9 Å². The number of rotatable bonds is 5. The second-order valence-electron chi connectivity index (χ2n) is 3.49. The molecule has 1 atom stereocenters. The van der Waals surface area contributed by atoms with Gasteiger partial charge in [0.05, 0.1) is 5.69 Å². The van der Waals surface area contributed by atoms with Gasteiger partial charge in [0, 0.05) is 5.75 Å². The number of nitrogens with two attached hydrogens (primary N) is 1. The third-order valence-electron chi connectivity index (χ3n) is 2.18. The van der Waals surface area contributed by atoms with E-state index in [0.717, 1.165) is 5.69 Å². The molecule has 6 heteroatoms. The zero-order chi connectivity index (χ0) is 11.5. The number of nitrogens with one attached hydrogen (secondary N) is 1. The van der Waals surface area contributed by atoms with Gasteiger partial charge in [-0.2, -0.15) is 0 Å². The number of hydrogen-bond acceptors (Lipinski definition) is 5. The van der Waals surface area contributed by atoms with Gasteiger partial charge in [-0.3, -0.25) is 4.79 Å². The lowest BCUT2D eigenvalue weighted by Gasteiger charge is -2.23. The van der Waals surface area contributed by atoms with Crippen LogP contribution in [0.1, 0.15) is 12.6 Å². The summed E-state index contributed by atoms with van der Waals surface area (Å²) >= 11 is 1.36. The topological polar surface area (TPSA) is 81.2 Å². The van der Waals surface area contributed by atoms with Crippen molar-refractivity contribution in [2.75, 3.05) is 12.8 Å². The van der Waals surface area contributed by atoms with Crippen LogP contribution in [0.15, 0.2) is 15.9 Å². The summed E-state index contributed by atoms with van der Waals surface area (Å²) in [6.07, 6.45) is 1.57. The molecule has 0 saturated heterocycles. The van der Waals surface area contributed by atoms with Gasteiger partial charge in [0.1, 0.15) is 11.8 Å². The summed E-state index contributed by atoms with van der Waals surface area (Å²) in [5.74, 6) is 0.0967. The van der Waals surface area contributed by atoms with E-state index in [-0.39, 0.29) is 5.91 Å². The van der Waals surface area contributed by atoms with Crippen LogP contribution >= 0.6 is 11.8 Å². The lowest BCUT2D eigenvalue weighted by molar-refractivity contribution is -0.122. The molecule has 1 aromatic rings. The number of amides is 1. The minimum absolute atomic E-state index is 0.388. The smallest absolute Gasteiger partial charge is 0.255 e. The van der Waals surface area contributed by atoms with E-state index in [1.807, 2.05) is 6.92 Å². The van der Waals surface area contributed by atoms with Crippen LogP contribution in [0.5, 0.6) is 0 Å². The van der Waals surface area contributed by atoms with Crippen molar-refractivity contribution in [3.63, 3.8) is 0 Å². The number of aromatic nitrogens is 1. The van der Waals surface area contributed by atoms with E-state index >= 15 is 0 Å². The molecule has 3 N–H and O–H groups in total. The van der Waals surface area contributed by atoms with Crippen molar-refractivity contribution in [3.8, 4) is 0 Å². The molecule has 0 aliphatic heterocycles. The van der Waals surface area contributed by atoms with Gasteiger partial charge in [0.2, 0.25) is 5.91 Å². The number of carbonyl (C=O) groups is 1. The zero-order valence-corrected chi connectivity index (χ0v) is 9.85. The fourth-order valence-electron chi connectivity index (χ4n) is 0.871. The summed E-state index contributed by atoms with van der Waals surface area (Å²) in [6, 6.07) is 0. The number of likely N-dealkylation sites (N-methyl/N-ethyl adjacent to an activating group) is 1. The summed E-state index contributed by atoms with van der Waals surface area (Å²) in [4.78, 5) is 15.3. The molecule has 0 radical (unpaired) electrons. The van der Waals surface area contributed by atoms with E-state index in [9.17, 15) is 4.79 Å². The molecule has 0 fully saturated rings. The molecule has 1 aromatic heterocycles. The Labute approximate surface area is 92.8 Å². The zero-order valence-electron chi connectivity index (χ0n) is 9.03. The molecule has 0 spiro atoms. The highest BCUT2D eigenvalue weighted by Gasteiger charge is 2.29. The fraction of sp³-hybridized carbons (Fsp3) is 0.556. The van der Waals surface area contributed by atoms with Crippen LogP contribution < -0.4 is 11.1 Å². The maximum atomic E-state index is 11.2. The van der Waals surface area contributed by atoms with E-state index in [4.69, 9.17) is 10.2 Å². The molecule has 0 saturated carbocycles. The van der Waals surface area contributed by atoms with Gasteiger partial charge in [-0.25, -0.2) is 4.98 Å². The highest BCUT2D eigenvalue weighted by molar-refractivity contribution is 7.99. The quantitative estimate of drug-likeness (QED) is 0.720. The Balaban J connectivity index is 2.59. The normalized spacial score (nSPS) is 14.9. The first-order valence-corrected chi connectivity index (χ1v) is 5.50. The average molecular weight is 229 g/mol. The van der Waals surface area contributed by atoms with Gasteiger partial charge in [-0.15, -0.1) is 0 Å². The molecule has 84 valence electrons. The van der Waals surface area contributed by atoms with Crippen LogP contribution in [0.4, 0.5) is 0 Å². The molecule has 1 heterocycles. The molecule has 1 unspecified atom stereocenters. The Hall–Kier alpha value is -1.01. The van der Waals surface area contributed by atoms with Gasteiger partial charge < -0.3 is 15.5 Å². The summed E-state index contributed by atoms with van der Waals surface area (Å²) in [6.45, 7) is 3.59. The van der Waals surface area contributed by atoms with E-state index in [2.05, 4.69) is 10.3 Å². The van der Waals surface area contributed by atoms with Crippen molar-refractivity contribution < 1.29 is 9.21 Å². The Bertz CT molecular complexity index is 353. The van der Waals surface area contributed by atoms with E-state index in [1.54, 1.807) is 20.2 Å². The average Bonchev–Trinajstić information content (AvgIpc) is 2.60. The molecule has 5 nitrogen and oxygen atoms in total. The first-order valence-electron chi connectivity index (χ1n) is 4.51. The Kier molecular flexibility index (Phi) is 3.76. The van der Waals surface area contributed by atoms with Crippen molar-refractivity contribution in [1.29, 1.82) is 0 Å². The Morgan fingerprint density at radius 3 is 2.87 bits per heavy atom. The minimum atomic E-state index is -0.743. The van der Waals surface area contributed by atoms with E-state index in [0.29, 0.717) is 11.0 Å². The van der Waals surface area contributed by atoms with Gasteiger partial charge in [0.25, 0.3) is 5.22 Å². The first-order chi connectivity index (χ1) is 6.98. The lowest BCUT2D eigenvalue weighted by atomic mass is 10.1. The second kappa shape index (κ2) is 4.67. The molecule has 0 bridgehead atoms. The standard InChI is InChI=1S/C9H15N3O2S/c1-6-4-14-8(12-6)15-5-9(2,11-3)7(10)13/h4,11H,5H2,1-3H3,(H2,10,13). The van der Waals surface area contributed by atoms with Crippen LogP contribution in [0.2, 0.25) is 0 Å². The molecule has 1 amide bonds. The van der Waals surface area contributed by atoms with Gasteiger partial charge in [0.15, 0.2) is 0 Å². The fourth-order valence-corrected chi connectivity index (χ4v) is 1.89. The number of primary amides is 1. The minimum Gasteiger partial charge on any atom is -0.440 e. The number of thioether (sulfide) groups is 1. The first kappa shape index (κ1) is 12.1. The van der Waals surface area contributed by atoms with Crippen LogP contribution in [0.25, 0.3) is 0 Å². The summed E-state index contributed by atoms with van der Waals surface area (Å²) < 4.78 is 5.16. The number of aryl methyl sites for hydroxylation is 1. The monoisotopic (exact) mass is 229 g/mol. The van der Waals surface area contributed by atoms with Crippen molar-refractivity contribution >= 4 is 17.7 Å². The molecule has 0 aliphatic carbocycles. The van der Waals surface area contributed by atoms with Gasteiger partial charge >= 0.3 is 0 Å². The summed E-state index contributed by atoms with van der Waals surface area (Å²) in [7, 11) is 1.70. The number of nitrogens with zero attached hydrogens (tertiary/aromatic N) is 1. The highest BCUT2D eigenvalue weighted by Crippen LogP contribution is 2.21. The van der Waals surface area contributed by atoms with Crippen LogP contribution in [-0.2, 0) is 4.79 Å². The maximum absolute atomic E-state index is 11.2. The van der Waals surface area contributed by atoms with Gasteiger partial charge in [-0.1, -0.05) is 11.8 Å². The molecular weight excluding hydrogens is 214 g/mol. The van der Waals surface area contributed by atoms with Crippen LogP contribution in [-0.4, -0.2) is 29.2 Å². The van der Waals surface area contributed by atoms with E-state index < -0.39 is 5.54 Å². The Morgan fingerprint density at radius 1 is 1.80 bits per heavy atom. The van der Waals surface area contributed by atoms with Crippen molar-refractivity contribution in [3.05, 3.63) is 12.0 Å². The summed E-state index contributed by atoms with van der Waals surface area (Å²) in [5, 5.41) is 3.44. The third kappa shape index (κ3) is 2.97. The molecule has 1 rings (SSSR count). The third-order valence-corrected chi connectivity index (χ3v) is 3.33. The molecule has 0 aromatic carbocycles. The lowest BCUT2D eigenvalue weighted by Crippen LogP contribution is -2.53. The maximum Gasteiger partial charge on any atom is 0.255 e. The van der Waals surface area contributed by atoms with E-state index in [1.165, 1.54) is 11.8 Å².